The quantitative estimate of drug-likeness (QED) is 0.178. The van der Waals surface area contributed by atoms with Gasteiger partial charge in [-0.15, -0.1) is 0 Å². The molecule has 0 aromatic carbocycles. The summed E-state index contributed by atoms with van der Waals surface area (Å²) in [6.45, 7) is 16.1. The molecule has 1 heteroatoms. The summed E-state index contributed by atoms with van der Waals surface area (Å²) < 4.78 is 0. The molecule has 1 aromatic heterocycles. The molecule has 1 aromatic rings. The van der Waals surface area contributed by atoms with Crippen molar-refractivity contribution >= 4 is 11.3 Å². The van der Waals surface area contributed by atoms with Gasteiger partial charge in [0.05, 0.1) is 0 Å². The first-order chi connectivity index (χ1) is 16.8. The van der Waals surface area contributed by atoms with E-state index in [0.717, 1.165) is 5.92 Å². The average Bonchev–Trinajstić information content (AvgIpc) is 3.31. The van der Waals surface area contributed by atoms with Gasteiger partial charge in [-0.05, 0) is 140 Å². The van der Waals surface area contributed by atoms with Crippen LogP contribution in [0.4, 0.5) is 0 Å². The topological polar surface area (TPSA) is 0 Å². The molecule has 0 fully saturated rings. The van der Waals surface area contributed by atoms with E-state index in [4.69, 9.17) is 0 Å². The molecule has 0 aliphatic carbocycles. The van der Waals surface area contributed by atoms with Crippen LogP contribution in [0, 0.1) is 5.92 Å². The zero-order valence-corrected chi connectivity index (χ0v) is 24.9. The molecule has 1 heterocycles. The first-order valence-corrected chi connectivity index (χ1v) is 15.0. The summed E-state index contributed by atoms with van der Waals surface area (Å²) in [6, 6.07) is 2.24. The Bertz CT molecular complexity index is 824. The molecular weight excluding hydrogens is 440 g/mol. The number of rotatable bonds is 18. The molecule has 196 valence electrons. The van der Waals surface area contributed by atoms with Crippen LogP contribution < -0.4 is 0 Å². The zero-order chi connectivity index (χ0) is 25.9. The minimum Gasteiger partial charge on any atom is -0.152 e. The summed E-state index contributed by atoms with van der Waals surface area (Å²) in [5, 5.41) is 4.43. The lowest BCUT2D eigenvalue weighted by Crippen LogP contribution is -1.88. The van der Waals surface area contributed by atoms with Gasteiger partial charge in [0.1, 0.15) is 0 Å². The fourth-order valence-electron chi connectivity index (χ4n) is 4.13. The van der Waals surface area contributed by atoms with Crippen LogP contribution >= 0.6 is 11.3 Å². The third-order valence-corrected chi connectivity index (χ3v) is 7.48. The number of hydrogen-bond acceptors (Lipinski definition) is 1. The van der Waals surface area contributed by atoms with Crippen molar-refractivity contribution in [2.24, 2.45) is 5.92 Å². The molecule has 0 saturated heterocycles. The first kappa shape index (κ1) is 31.4. The molecule has 0 N–H and O–H groups in total. The van der Waals surface area contributed by atoms with Gasteiger partial charge in [-0.2, -0.15) is 11.3 Å². The normalized spacial score (nSPS) is 14.3. The number of hydrogen-bond donors (Lipinski definition) is 0. The summed E-state index contributed by atoms with van der Waals surface area (Å²) >= 11 is 1.80. The number of thiophene rings is 1. The van der Waals surface area contributed by atoms with Gasteiger partial charge in [-0.1, -0.05) is 72.1 Å². The van der Waals surface area contributed by atoms with Gasteiger partial charge in [0.15, 0.2) is 0 Å². The van der Waals surface area contributed by atoms with Crippen molar-refractivity contribution in [1.29, 1.82) is 0 Å². The van der Waals surface area contributed by atoms with Crippen LogP contribution in [-0.4, -0.2) is 0 Å². The van der Waals surface area contributed by atoms with E-state index in [9.17, 15) is 0 Å². The smallest absolute Gasteiger partial charge is 0.00611 e. The van der Waals surface area contributed by atoms with Gasteiger partial charge in [0, 0.05) is 0 Å². The van der Waals surface area contributed by atoms with Crippen molar-refractivity contribution in [3.05, 3.63) is 80.6 Å². The fourth-order valence-corrected chi connectivity index (χ4v) is 4.83. The van der Waals surface area contributed by atoms with Crippen molar-refractivity contribution < 1.29 is 0 Å². The van der Waals surface area contributed by atoms with E-state index < -0.39 is 0 Å². The Labute approximate surface area is 223 Å². The van der Waals surface area contributed by atoms with E-state index >= 15 is 0 Å². The second-order valence-electron chi connectivity index (χ2n) is 11.0. The molecule has 0 bridgehead atoms. The Hall–Kier alpha value is -1.60. The minimum atomic E-state index is 0.805. The highest BCUT2D eigenvalue weighted by atomic mass is 32.1. The largest absolute Gasteiger partial charge is 0.152 e. The third kappa shape index (κ3) is 18.3. The molecule has 0 spiro atoms. The van der Waals surface area contributed by atoms with E-state index in [1.54, 1.807) is 22.5 Å². The molecule has 0 nitrogen and oxygen atoms in total. The SMILES string of the molecule is CC(=CCCC(C)=CCCC(C)=CCCc1ccsc1)CCC=C(C)CCC=C(C)CCC(C)C. The first-order valence-electron chi connectivity index (χ1n) is 14.1. The monoisotopic (exact) mass is 494 g/mol. The predicted molar refractivity (Wildman–Crippen MR) is 162 cm³/mol. The molecule has 0 saturated carbocycles. The van der Waals surface area contributed by atoms with E-state index in [2.05, 4.69) is 95.7 Å². The third-order valence-electron chi connectivity index (χ3n) is 6.75. The Morgan fingerprint density at radius 2 is 1.03 bits per heavy atom. The Morgan fingerprint density at radius 1 is 0.629 bits per heavy atom. The van der Waals surface area contributed by atoms with Crippen molar-refractivity contribution in [2.75, 3.05) is 0 Å². The van der Waals surface area contributed by atoms with Crippen LogP contribution in [0.3, 0.4) is 0 Å². The Morgan fingerprint density at radius 3 is 1.40 bits per heavy atom. The molecule has 0 aliphatic heterocycles. The van der Waals surface area contributed by atoms with E-state index in [0.29, 0.717) is 0 Å². The molecule has 0 unspecified atom stereocenters. The van der Waals surface area contributed by atoms with Crippen LogP contribution in [-0.2, 0) is 6.42 Å². The minimum absolute atomic E-state index is 0.805. The molecule has 0 aliphatic rings. The Kier molecular flexibility index (Phi) is 17.6. The number of allylic oxidation sites excluding steroid dienone is 10. The van der Waals surface area contributed by atoms with E-state index in [1.807, 2.05) is 0 Å². The van der Waals surface area contributed by atoms with Crippen molar-refractivity contribution in [2.45, 2.75) is 126 Å². The maximum absolute atomic E-state index is 2.46. The lowest BCUT2D eigenvalue weighted by molar-refractivity contribution is 0.583. The molecule has 0 amide bonds. The maximum atomic E-state index is 2.46. The van der Waals surface area contributed by atoms with E-state index in [-0.39, 0.29) is 0 Å². The average molecular weight is 495 g/mol. The molecule has 0 atom stereocenters. The highest BCUT2D eigenvalue weighted by Crippen LogP contribution is 2.17. The Balaban J connectivity index is 2.18. The van der Waals surface area contributed by atoms with Crippen molar-refractivity contribution in [1.82, 2.24) is 0 Å². The predicted octanol–water partition coefficient (Wildman–Crippen LogP) is 12.0. The summed E-state index contributed by atoms with van der Waals surface area (Å²) in [5.74, 6) is 0.805. The molecule has 35 heavy (non-hydrogen) atoms. The van der Waals surface area contributed by atoms with Crippen LogP contribution in [0.25, 0.3) is 0 Å². The van der Waals surface area contributed by atoms with Gasteiger partial charge < -0.3 is 0 Å². The summed E-state index contributed by atoms with van der Waals surface area (Å²) in [6.07, 6.45) is 26.6. The summed E-state index contributed by atoms with van der Waals surface area (Å²) in [5.41, 5.74) is 9.18. The van der Waals surface area contributed by atoms with Gasteiger partial charge in [-0.25, -0.2) is 0 Å². The van der Waals surface area contributed by atoms with Crippen LogP contribution in [0.15, 0.2) is 75.1 Å². The maximum Gasteiger partial charge on any atom is -0.00611 e. The zero-order valence-electron chi connectivity index (χ0n) is 24.1. The molecular formula is C34H54S. The van der Waals surface area contributed by atoms with Crippen molar-refractivity contribution in [3.8, 4) is 0 Å². The molecule has 0 radical (unpaired) electrons. The van der Waals surface area contributed by atoms with Gasteiger partial charge in [0.2, 0.25) is 0 Å². The summed E-state index contributed by atoms with van der Waals surface area (Å²) in [7, 11) is 0. The van der Waals surface area contributed by atoms with Crippen LogP contribution in [0.5, 0.6) is 0 Å². The lowest BCUT2D eigenvalue weighted by Gasteiger charge is -2.05. The highest BCUT2D eigenvalue weighted by Gasteiger charge is 1.97. The standard InChI is InChI=1S/C34H54S/c1-28(2)23-24-33(7)20-11-19-31(5)16-9-15-29(3)13-8-14-30(4)17-10-18-32(6)21-12-22-34-25-26-35-27-34/h13,16-17,20-21,25-28H,8-12,14-15,18-19,22-24H2,1-7H3. The van der Waals surface area contributed by atoms with Gasteiger partial charge in [-0.3, -0.25) is 0 Å². The van der Waals surface area contributed by atoms with Crippen molar-refractivity contribution in [3.63, 3.8) is 0 Å². The van der Waals surface area contributed by atoms with E-state index in [1.165, 1.54) is 99.3 Å². The number of aryl methyl sites for hydroxylation is 1. The fraction of sp³-hybridized carbons (Fsp3) is 0.588. The second kappa shape index (κ2) is 19.6. The van der Waals surface area contributed by atoms with Crippen LogP contribution in [0.2, 0.25) is 0 Å². The second-order valence-corrected chi connectivity index (χ2v) is 11.8. The lowest BCUT2D eigenvalue weighted by atomic mass is 10.0. The highest BCUT2D eigenvalue weighted by molar-refractivity contribution is 7.07. The summed E-state index contributed by atoms with van der Waals surface area (Å²) in [4.78, 5) is 0. The molecule has 1 rings (SSSR count). The van der Waals surface area contributed by atoms with Gasteiger partial charge in [0.25, 0.3) is 0 Å². The van der Waals surface area contributed by atoms with Crippen LogP contribution in [0.1, 0.15) is 125 Å². The van der Waals surface area contributed by atoms with Gasteiger partial charge >= 0.3 is 0 Å².